The fourth-order valence-electron chi connectivity index (χ4n) is 2.66. The van der Waals surface area contributed by atoms with Gasteiger partial charge in [0.25, 0.3) is 0 Å². The van der Waals surface area contributed by atoms with Crippen LogP contribution < -0.4 is 10.6 Å². The van der Waals surface area contributed by atoms with Gasteiger partial charge in [0, 0.05) is 18.0 Å². The van der Waals surface area contributed by atoms with Crippen LogP contribution in [-0.2, 0) is 16.0 Å². The van der Waals surface area contributed by atoms with Crippen LogP contribution in [0.25, 0.3) is 0 Å². The number of benzene rings is 2. The number of hydrogen-bond donors (Lipinski definition) is 2. The molecule has 4 nitrogen and oxygen atoms in total. The molecule has 5 heteroatoms. The van der Waals surface area contributed by atoms with Gasteiger partial charge in [0.15, 0.2) is 0 Å². The van der Waals surface area contributed by atoms with E-state index in [1.54, 1.807) is 0 Å². The van der Waals surface area contributed by atoms with Crippen molar-refractivity contribution in [1.29, 1.82) is 0 Å². The van der Waals surface area contributed by atoms with Gasteiger partial charge in [-0.1, -0.05) is 67.9 Å². The summed E-state index contributed by atoms with van der Waals surface area (Å²) in [4.78, 5) is 24.8. The molecule has 1 unspecified atom stereocenters. The van der Waals surface area contributed by atoms with E-state index in [9.17, 15) is 9.59 Å². The molecule has 2 aromatic carbocycles. The van der Waals surface area contributed by atoms with Gasteiger partial charge in [-0.15, -0.1) is 0 Å². The molecule has 0 aliphatic heterocycles. The molecule has 26 heavy (non-hydrogen) atoms. The third kappa shape index (κ3) is 6.52. The molecule has 0 saturated heterocycles. The van der Waals surface area contributed by atoms with Gasteiger partial charge in [-0.05, 0) is 35.6 Å². The van der Waals surface area contributed by atoms with E-state index in [-0.39, 0.29) is 17.7 Å². The summed E-state index contributed by atoms with van der Waals surface area (Å²) < 4.78 is 0. The predicted octanol–water partition coefficient (Wildman–Crippen LogP) is 3.90. The van der Waals surface area contributed by atoms with Gasteiger partial charge in [0.1, 0.15) is 6.04 Å². The number of halogens is 1. The molecule has 0 spiro atoms. The van der Waals surface area contributed by atoms with Crippen molar-refractivity contribution in [1.82, 2.24) is 10.6 Å². The number of carbonyl (C=O) groups is 2. The Labute approximate surface area is 159 Å². The van der Waals surface area contributed by atoms with Crippen molar-refractivity contribution in [3.8, 4) is 0 Å². The Balaban J connectivity index is 1.99. The molecule has 0 aliphatic carbocycles. The van der Waals surface area contributed by atoms with E-state index in [1.807, 2.05) is 68.4 Å². The maximum atomic E-state index is 12.7. The highest BCUT2D eigenvalue weighted by molar-refractivity contribution is 6.30. The largest absolute Gasteiger partial charge is 0.354 e. The molecule has 0 bridgehead atoms. The Kier molecular flexibility index (Phi) is 7.67. The fraction of sp³-hybridized carbons (Fsp3) is 0.333. The van der Waals surface area contributed by atoms with E-state index in [0.717, 1.165) is 11.1 Å². The van der Waals surface area contributed by atoms with Crippen LogP contribution in [0, 0.1) is 5.92 Å². The molecule has 2 N–H and O–H groups in total. The molecule has 0 aromatic heterocycles. The van der Waals surface area contributed by atoms with Crippen molar-refractivity contribution in [3.63, 3.8) is 0 Å². The first-order valence-corrected chi connectivity index (χ1v) is 9.20. The van der Waals surface area contributed by atoms with E-state index in [1.165, 1.54) is 0 Å². The van der Waals surface area contributed by atoms with Crippen molar-refractivity contribution in [2.75, 3.05) is 6.54 Å². The highest BCUT2D eigenvalue weighted by Crippen LogP contribution is 2.14. The fourth-order valence-corrected chi connectivity index (χ4v) is 2.87. The quantitative estimate of drug-likeness (QED) is 0.738. The summed E-state index contributed by atoms with van der Waals surface area (Å²) in [6, 6.07) is 16.1. The minimum absolute atomic E-state index is 0.126. The maximum absolute atomic E-state index is 12.7. The Morgan fingerprint density at radius 2 is 1.77 bits per heavy atom. The average molecular weight is 373 g/mol. The Hall–Kier alpha value is -2.33. The molecule has 2 rings (SSSR count). The molecule has 0 heterocycles. The van der Waals surface area contributed by atoms with Crippen molar-refractivity contribution in [2.45, 2.75) is 32.7 Å². The molecule has 0 fully saturated rings. The average Bonchev–Trinajstić information content (AvgIpc) is 2.60. The number of hydrogen-bond acceptors (Lipinski definition) is 2. The lowest BCUT2D eigenvalue weighted by Gasteiger charge is -2.19. The lowest BCUT2D eigenvalue weighted by molar-refractivity contribution is -0.129. The minimum Gasteiger partial charge on any atom is -0.354 e. The van der Waals surface area contributed by atoms with Crippen molar-refractivity contribution >= 4 is 23.4 Å². The number of rotatable bonds is 8. The highest BCUT2D eigenvalue weighted by atomic mass is 35.5. The second-order valence-corrected chi connectivity index (χ2v) is 7.12. The normalized spacial score (nSPS) is 11.8. The third-order valence-electron chi connectivity index (χ3n) is 3.90. The van der Waals surface area contributed by atoms with Gasteiger partial charge in [-0.3, -0.25) is 9.59 Å². The zero-order valence-electron chi connectivity index (χ0n) is 15.2. The Morgan fingerprint density at radius 3 is 2.42 bits per heavy atom. The zero-order valence-corrected chi connectivity index (χ0v) is 15.9. The monoisotopic (exact) mass is 372 g/mol. The molecule has 0 saturated carbocycles. The Morgan fingerprint density at radius 1 is 1.04 bits per heavy atom. The van der Waals surface area contributed by atoms with Crippen LogP contribution in [-0.4, -0.2) is 18.4 Å². The topological polar surface area (TPSA) is 58.2 Å². The van der Waals surface area contributed by atoms with Crippen LogP contribution in [0.5, 0.6) is 0 Å². The van der Waals surface area contributed by atoms with Gasteiger partial charge in [-0.2, -0.15) is 0 Å². The molecule has 1 atom stereocenters. The zero-order chi connectivity index (χ0) is 18.9. The third-order valence-corrected chi connectivity index (χ3v) is 4.13. The van der Waals surface area contributed by atoms with Crippen LogP contribution in [0.15, 0.2) is 54.6 Å². The van der Waals surface area contributed by atoms with E-state index in [4.69, 9.17) is 11.6 Å². The van der Waals surface area contributed by atoms with Crippen molar-refractivity contribution in [3.05, 3.63) is 70.7 Å². The molecule has 0 aliphatic rings. The summed E-state index contributed by atoms with van der Waals surface area (Å²) in [6.45, 7) is 4.42. The van der Waals surface area contributed by atoms with Gasteiger partial charge in [0.05, 0.1) is 0 Å². The molecule has 0 radical (unpaired) electrons. The maximum Gasteiger partial charge on any atom is 0.247 e. The summed E-state index contributed by atoms with van der Waals surface area (Å²) in [5, 5.41) is 6.44. The number of amides is 2. The minimum atomic E-state index is -0.693. The van der Waals surface area contributed by atoms with Gasteiger partial charge >= 0.3 is 0 Å². The number of carbonyl (C=O) groups excluding carboxylic acids is 2. The van der Waals surface area contributed by atoms with Crippen LogP contribution in [0.2, 0.25) is 5.02 Å². The van der Waals surface area contributed by atoms with E-state index < -0.39 is 6.04 Å². The summed E-state index contributed by atoms with van der Waals surface area (Å²) in [7, 11) is 0. The first-order chi connectivity index (χ1) is 12.5. The van der Waals surface area contributed by atoms with E-state index in [2.05, 4.69) is 10.6 Å². The van der Waals surface area contributed by atoms with E-state index >= 15 is 0 Å². The lowest BCUT2D eigenvalue weighted by atomic mass is 10.0. The summed E-state index contributed by atoms with van der Waals surface area (Å²) in [6.07, 6.45) is 1.06. The van der Waals surface area contributed by atoms with Crippen LogP contribution in [0.3, 0.4) is 0 Å². The summed E-state index contributed by atoms with van der Waals surface area (Å²) in [5.74, 6) is -0.105. The molecule has 2 aromatic rings. The van der Waals surface area contributed by atoms with Crippen LogP contribution in [0.4, 0.5) is 0 Å². The first-order valence-electron chi connectivity index (χ1n) is 8.82. The highest BCUT2D eigenvalue weighted by Gasteiger charge is 2.22. The van der Waals surface area contributed by atoms with E-state index in [0.29, 0.717) is 24.4 Å². The van der Waals surface area contributed by atoms with Crippen molar-refractivity contribution < 1.29 is 9.59 Å². The van der Waals surface area contributed by atoms with Crippen molar-refractivity contribution in [2.24, 2.45) is 5.92 Å². The van der Waals surface area contributed by atoms with Gasteiger partial charge < -0.3 is 10.6 Å². The second kappa shape index (κ2) is 9.97. The lowest BCUT2D eigenvalue weighted by Crippen LogP contribution is -2.41. The number of nitrogens with one attached hydrogen (secondary N) is 2. The molecular formula is C21H25ClN2O2. The smallest absolute Gasteiger partial charge is 0.247 e. The second-order valence-electron chi connectivity index (χ2n) is 6.68. The molecular weight excluding hydrogens is 348 g/mol. The molecule has 2 amide bonds. The summed E-state index contributed by atoms with van der Waals surface area (Å²) >= 11 is 5.98. The molecule has 138 valence electrons. The van der Waals surface area contributed by atoms with Gasteiger partial charge in [-0.25, -0.2) is 0 Å². The SMILES string of the molecule is CC(C)CC(=O)NC(C(=O)NCCc1cccc(Cl)c1)c1ccccc1. The predicted molar refractivity (Wildman–Crippen MR) is 105 cm³/mol. The van der Waals surface area contributed by atoms with Gasteiger partial charge in [0.2, 0.25) is 11.8 Å². The standard InChI is InChI=1S/C21H25ClN2O2/c1-15(2)13-19(25)24-20(17-8-4-3-5-9-17)21(26)23-12-11-16-7-6-10-18(22)14-16/h3-10,14-15,20H,11-13H2,1-2H3,(H,23,26)(H,24,25). The Bertz CT molecular complexity index is 732. The summed E-state index contributed by atoms with van der Waals surface area (Å²) in [5.41, 5.74) is 1.82. The van der Waals surface area contributed by atoms with Crippen LogP contribution >= 0.6 is 11.6 Å². The van der Waals surface area contributed by atoms with Crippen LogP contribution in [0.1, 0.15) is 37.4 Å². The first kappa shape index (κ1) is 20.0.